The first kappa shape index (κ1) is 28.5. The van der Waals surface area contributed by atoms with Gasteiger partial charge in [0, 0.05) is 0 Å². The summed E-state index contributed by atoms with van der Waals surface area (Å²) in [5, 5.41) is 0. The van der Waals surface area contributed by atoms with Crippen LogP contribution in [0.15, 0.2) is 131 Å². The van der Waals surface area contributed by atoms with Crippen molar-refractivity contribution in [3.63, 3.8) is 0 Å². The molecule has 168 valence electrons. The lowest BCUT2D eigenvalue weighted by molar-refractivity contribution is -0.105. The Morgan fingerprint density at radius 2 is 0.562 bits per heavy atom. The Morgan fingerprint density at radius 3 is 0.812 bits per heavy atom. The molecule has 0 unspecified atom stereocenters. The van der Waals surface area contributed by atoms with Gasteiger partial charge in [-0.1, -0.05) is 120 Å². The maximum atomic E-state index is 10.5. The van der Waals surface area contributed by atoms with E-state index in [0.29, 0.717) is 11.1 Å². The van der Waals surface area contributed by atoms with Crippen molar-refractivity contribution in [1.29, 1.82) is 0 Å². The second kappa shape index (κ2) is 18.3. The molecule has 0 saturated carbocycles. The van der Waals surface area contributed by atoms with Crippen LogP contribution >= 0.6 is 0 Å². The predicted molar refractivity (Wildman–Crippen MR) is 140 cm³/mol. The lowest BCUT2D eigenvalue weighted by Crippen LogP contribution is -1.73. The minimum absolute atomic E-state index is 0.703. The minimum Gasteiger partial charge on any atom is -0.298 e. The minimum atomic E-state index is 0.703. The summed E-state index contributed by atoms with van der Waals surface area (Å²) in [4.78, 5) is 21.1. The predicted octanol–water partition coefficient (Wildman–Crippen LogP) is 7.84. The zero-order valence-corrected chi connectivity index (χ0v) is 20.2. The van der Waals surface area contributed by atoms with Crippen LogP contribution < -0.4 is 0 Å². The molecule has 0 saturated heterocycles. The number of allylic oxidation sites excluding steroid dienone is 22. The molecular formula is C30H36O2. The number of hydrogen-bond donors (Lipinski definition) is 0. The van der Waals surface area contributed by atoms with E-state index in [2.05, 4.69) is 38.2 Å². The van der Waals surface area contributed by atoms with Crippen LogP contribution in [0, 0.1) is 0 Å². The van der Waals surface area contributed by atoms with E-state index in [4.69, 9.17) is 0 Å². The van der Waals surface area contributed by atoms with Crippen LogP contribution in [0.1, 0.15) is 41.5 Å². The van der Waals surface area contributed by atoms with Crippen molar-refractivity contribution in [3.8, 4) is 0 Å². The summed E-state index contributed by atoms with van der Waals surface area (Å²) in [7, 11) is 0. The van der Waals surface area contributed by atoms with E-state index in [1.807, 2.05) is 74.6 Å². The number of carbonyl (C=O) groups is 2. The Labute approximate surface area is 194 Å². The van der Waals surface area contributed by atoms with Gasteiger partial charge in [-0.3, -0.25) is 9.59 Å². The Hall–Kier alpha value is -3.52. The standard InChI is InChI=1S/C30H36O2/c1-25(15-9-17-27(3)19-11-21-29(5)23-31)13-7-8-14-26(2)16-10-18-28(4)20-12-22-30(6)24-32/h7-24H,1-6H3/b8-7+,15-9+,16-10+,19-11+,20-12+,25-13+,26-14+,27-17+,28-18+,29-21+,30-22+. The molecule has 0 bridgehead atoms. The fourth-order valence-corrected chi connectivity index (χ4v) is 2.12. The van der Waals surface area contributed by atoms with Gasteiger partial charge in [0.2, 0.25) is 0 Å². The maximum Gasteiger partial charge on any atom is 0.145 e. The average Bonchev–Trinajstić information content (AvgIpc) is 2.76. The highest BCUT2D eigenvalue weighted by atomic mass is 16.1. The van der Waals surface area contributed by atoms with Crippen molar-refractivity contribution >= 4 is 12.6 Å². The summed E-state index contributed by atoms with van der Waals surface area (Å²) in [6.45, 7) is 11.7. The highest BCUT2D eigenvalue weighted by Crippen LogP contribution is 2.03. The zero-order chi connectivity index (χ0) is 24.2. The third-order valence-electron chi connectivity index (χ3n) is 4.07. The Morgan fingerprint density at radius 1 is 0.344 bits per heavy atom. The van der Waals surface area contributed by atoms with Crippen LogP contribution in [0.5, 0.6) is 0 Å². The van der Waals surface area contributed by atoms with Gasteiger partial charge in [0.1, 0.15) is 12.6 Å². The molecule has 0 N–H and O–H groups in total. The molecule has 0 aliphatic heterocycles. The second-order valence-corrected chi connectivity index (χ2v) is 7.52. The zero-order valence-electron chi connectivity index (χ0n) is 20.2. The van der Waals surface area contributed by atoms with Crippen LogP contribution in [0.4, 0.5) is 0 Å². The van der Waals surface area contributed by atoms with Gasteiger partial charge < -0.3 is 0 Å². The van der Waals surface area contributed by atoms with Gasteiger partial charge in [-0.05, 0) is 52.7 Å². The molecule has 0 aromatic heterocycles. The van der Waals surface area contributed by atoms with E-state index in [1.165, 1.54) is 0 Å². The molecule has 0 aromatic rings. The van der Waals surface area contributed by atoms with Gasteiger partial charge in [0.05, 0.1) is 0 Å². The fourth-order valence-electron chi connectivity index (χ4n) is 2.12. The normalized spacial score (nSPS) is 15.9. The van der Waals surface area contributed by atoms with Gasteiger partial charge in [-0.15, -0.1) is 0 Å². The Balaban J connectivity index is 4.73. The molecule has 0 amide bonds. The average molecular weight is 429 g/mol. The van der Waals surface area contributed by atoms with Crippen molar-refractivity contribution < 1.29 is 9.59 Å². The number of carbonyl (C=O) groups excluding carboxylic acids is 2. The summed E-state index contributed by atoms with van der Waals surface area (Å²) < 4.78 is 0. The molecule has 0 fully saturated rings. The molecule has 0 atom stereocenters. The van der Waals surface area contributed by atoms with Crippen molar-refractivity contribution in [2.24, 2.45) is 0 Å². The van der Waals surface area contributed by atoms with Crippen molar-refractivity contribution in [2.45, 2.75) is 41.5 Å². The molecule has 0 aliphatic carbocycles. The second-order valence-electron chi connectivity index (χ2n) is 7.52. The molecule has 0 rings (SSSR count). The SMILES string of the molecule is C\C(C=O)=C/C=C/C(C)=C/C=C/C(C)=C/C=C/C=C(C)/C=C/C=C(C)/C=C/C=C(\C)C=O. The van der Waals surface area contributed by atoms with Gasteiger partial charge in [-0.2, -0.15) is 0 Å². The Kier molecular flexibility index (Phi) is 16.3. The first-order valence-electron chi connectivity index (χ1n) is 10.6. The highest BCUT2D eigenvalue weighted by Gasteiger charge is 1.83. The topological polar surface area (TPSA) is 34.1 Å². The molecule has 0 heterocycles. The van der Waals surface area contributed by atoms with Crippen LogP contribution in [0.25, 0.3) is 0 Å². The van der Waals surface area contributed by atoms with Gasteiger partial charge in [0.15, 0.2) is 0 Å². The number of hydrogen-bond acceptors (Lipinski definition) is 2. The number of aldehydes is 2. The molecule has 0 radical (unpaired) electrons. The van der Waals surface area contributed by atoms with Crippen LogP contribution in [0.3, 0.4) is 0 Å². The molecular weight excluding hydrogens is 392 g/mol. The monoisotopic (exact) mass is 428 g/mol. The summed E-state index contributed by atoms with van der Waals surface area (Å²) in [5.41, 5.74) is 5.92. The summed E-state index contributed by atoms with van der Waals surface area (Å²) in [5.74, 6) is 0. The van der Waals surface area contributed by atoms with E-state index < -0.39 is 0 Å². The molecule has 2 heteroatoms. The van der Waals surface area contributed by atoms with E-state index in [-0.39, 0.29) is 0 Å². The van der Waals surface area contributed by atoms with Crippen molar-refractivity contribution in [3.05, 3.63) is 131 Å². The highest BCUT2D eigenvalue weighted by molar-refractivity contribution is 5.73. The third kappa shape index (κ3) is 17.3. The van der Waals surface area contributed by atoms with E-state index in [9.17, 15) is 9.59 Å². The molecule has 0 aromatic carbocycles. The molecule has 0 spiro atoms. The summed E-state index contributed by atoms with van der Waals surface area (Å²) >= 11 is 0. The van der Waals surface area contributed by atoms with E-state index >= 15 is 0 Å². The smallest absolute Gasteiger partial charge is 0.145 e. The van der Waals surface area contributed by atoms with Crippen LogP contribution in [-0.4, -0.2) is 12.6 Å². The third-order valence-corrected chi connectivity index (χ3v) is 4.07. The first-order chi connectivity index (χ1) is 15.3. The lowest BCUT2D eigenvalue weighted by Gasteiger charge is -1.91. The summed E-state index contributed by atoms with van der Waals surface area (Å²) in [6, 6.07) is 0. The first-order valence-corrected chi connectivity index (χ1v) is 10.6. The quantitative estimate of drug-likeness (QED) is 0.180. The summed E-state index contributed by atoms with van der Waals surface area (Å²) in [6.07, 6.45) is 33.3. The molecule has 32 heavy (non-hydrogen) atoms. The van der Waals surface area contributed by atoms with Crippen LogP contribution in [0.2, 0.25) is 0 Å². The molecule has 2 nitrogen and oxygen atoms in total. The Bertz CT molecular complexity index is 869. The number of rotatable bonds is 12. The fraction of sp³-hybridized carbons (Fsp3) is 0.200. The van der Waals surface area contributed by atoms with Gasteiger partial charge in [-0.25, -0.2) is 0 Å². The van der Waals surface area contributed by atoms with Crippen molar-refractivity contribution in [2.75, 3.05) is 0 Å². The molecule has 0 aliphatic rings. The van der Waals surface area contributed by atoms with Gasteiger partial charge in [0.25, 0.3) is 0 Å². The van der Waals surface area contributed by atoms with Crippen molar-refractivity contribution in [1.82, 2.24) is 0 Å². The maximum absolute atomic E-state index is 10.5. The largest absolute Gasteiger partial charge is 0.298 e. The lowest BCUT2D eigenvalue weighted by atomic mass is 10.2. The van der Waals surface area contributed by atoms with Gasteiger partial charge >= 0.3 is 0 Å². The van der Waals surface area contributed by atoms with E-state index in [0.717, 1.165) is 34.9 Å². The van der Waals surface area contributed by atoms with E-state index in [1.54, 1.807) is 26.0 Å². The van der Waals surface area contributed by atoms with Crippen LogP contribution in [-0.2, 0) is 9.59 Å².